The molecule has 4 heteroatoms. The molecular weight excluding hydrogens is 248 g/mol. The molecule has 0 spiro atoms. The quantitative estimate of drug-likeness (QED) is 0.921. The Kier molecular flexibility index (Phi) is 3.62. The highest BCUT2D eigenvalue weighted by atomic mass is 19.1. The highest BCUT2D eigenvalue weighted by Crippen LogP contribution is 2.37. The van der Waals surface area contributed by atoms with Gasteiger partial charge in [0.15, 0.2) is 0 Å². The first-order valence-electron chi connectivity index (χ1n) is 5.96. The molecule has 100 valence electrons. The zero-order valence-corrected chi connectivity index (χ0v) is 10.8. The van der Waals surface area contributed by atoms with Gasteiger partial charge in [0, 0.05) is 17.2 Å². The minimum Gasteiger partial charge on any atom is -0.387 e. The molecule has 1 aromatic carbocycles. The predicted molar refractivity (Wildman–Crippen MR) is 68.6 cm³/mol. The summed E-state index contributed by atoms with van der Waals surface area (Å²) in [6, 6.07) is 7.29. The molecule has 0 saturated heterocycles. The van der Waals surface area contributed by atoms with Gasteiger partial charge in [-0.2, -0.15) is 0 Å². The summed E-state index contributed by atoms with van der Waals surface area (Å²) in [4.78, 5) is 3.66. The minimum atomic E-state index is -1.04. The Morgan fingerprint density at radius 2 is 1.74 bits per heavy atom. The first kappa shape index (κ1) is 13.6. The molecule has 19 heavy (non-hydrogen) atoms. The van der Waals surface area contributed by atoms with Crippen LogP contribution in [-0.4, -0.2) is 10.1 Å². The van der Waals surface area contributed by atoms with Gasteiger partial charge >= 0.3 is 0 Å². The molecule has 2 nitrogen and oxygen atoms in total. The molecule has 0 amide bonds. The molecule has 0 aliphatic carbocycles. The molecule has 1 atom stereocenters. The number of aromatic nitrogens is 1. The van der Waals surface area contributed by atoms with Gasteiger partial charge in [0.25, 0.3) is 0 Å². The molecular formula is C15H15F2NO. The molecule has 0 aliphatic heterocycles. The Morgan fingerprint density at radius 3 is 2.32 bits per heavy atom. The molecule has 2 aromatic rings. The second-order valence-electron chi connectivity index (χ2n) is 5.03. The third kappa shape index (κ3) is 2.63. The summed E-state index contributed by atoms with van der Waals surface area (Å²) in [6.07, 6.45) is 1.46. The number of nitrogens with zero attached hydrogens (tertiary/aromatic N) is 1. The molecule has 0 bridgehead atoms. The lowest BCUT2D eigenvalue weighted by atomic mass is 9.77. The summed E-state index contributed by atoms with van der Waals surface area (Å²) < 4.78 is 26.6. The number of aliphatic hydroxyl groups excluding tert-OH is 1. The van der Waals surface area contributed by atoms with Crippen LogP contribution in [0.25, 0.3) is 0 Å². The van der Waals surface area contributed by atoms with Crippen molar-refractivity contribution in [2.24, 2.45) is 0 Å². The second-order valence-corrected chi connectivity index (χ2v) is 5.03. The van der Waals surface area contributed by atoms with Crippen molar-refractivity contribution in [2.75, 3.05) is 0 Å². The summed E-state index contributed by atoms with van der Waals surface area (Å²) in [6.45, 7) is 3.57. The van der Waals surface area contributed by atoms with E-state index >= 15 is 0 Å². The molecule has 1 heterocycles. The average molecular weight is 263 g/mol. The monoisotopic (exact) mass is 263 g/mol. The number of hydrogen-bond donors (Lipinski definition) is 1. The van der Waals surface area contributed by atoms with Crippen LogP contribution in [0.1, 0.15) is 31.1 Å². The van der Waals surface area contributed by atoms with Gasteiger partial charge in [0.05, 0.1) is 12.3 Å². The van der Waals surface area contributed by atoms with Crippen molar-refractivity contribution in [3.05, 3.63) is 65.5 Å². The molecule has 0 fully saturated rings. The van der Waals surface area contributed by atoms with E-state index in [0.29, 0.717) is 0 Å². The maximum absolute atomic E-state index is 13.7. The zero-order valence-electron chi connectivity index (χ0n) is 10.8. The normalized spacial score (nSPS) is 13.3. The van der Waals surface area contributed by atoms with Crippen molar-refractivity contribution in [3.8, 4) is 0 Å². The number of aliphatic hydroxyl groups is 1. The van der Waals surface area contributed by atoms with Crippen molar-refractivity contribution in [2.45, 2.75) is 25.4 Å². The van der Waals surface area contributed by atoms with Crippen molar-refractivity contribution in [1.82, 2.24) is 4.98 Å². The van der Waals surface area contributed by atoms with E-state index in [9.17, 15) is 13.9 Å². The highest BCUT2D eigenvalue weighted by molar-refractivity contribution is 5.30. The average Bonchev–Trinajstić information content (AvgIpc) is 2.39. The first-order valence-corrected chi connectivity index (χ1v) is 5.96. The van der Waals surface area contributed by atoms with Gasteiger partial charge in [-0.3, -0.25) is 4.98 Å². The largest absolute Gasteiger partial charge is 0.387 e. The maximum atomic E-state index is 13.7. The standard InChI is InChI=1S/C15H15F2NO/c1-15(2,10-3-5-11(16)6-4-10)14(19)12-7-8-18-9-13(12)17/h3-9,14,19H,1-2H3. The highest BCUT2D eigenvalue weighted by Gasteiger charge is 2.32. The number of rotatable bonds is 3. The molecule has 2 rings (SSSR count). The molecule has 0 saturated carbocycles. The lowest BCUT2D eigenvalue weighted by Crippen LogP contribution is -2.27. The van der Waals surface area contributed by atoms with Gasteiger partial charge < -0.3 is 5.11 Å². The predicted octanol–water partition coefficient (Wildman–Crippen LogP) is 3.37. The lowest BCUT2D eigenvalue weighted by Gasteiger charge is -2.31. The van der Waals surface area contributed by atoms with Gasteiger partial charge in [0.2, 0.25) is 0 Å². The van der Waals surface area contributed by atoms with E-state index in [-0.39, 0.29) is 11.4 Å². The summed E-state index contributed by atoms with van der Waals surface area (Å²) in [5.74, 6) is -0.894. The van der Waals surface area contributed by atoms with Crippen LogP contribution in [0.2, 0.25) is 0 Å². The summed E-state index contributed by atoms with van der Waals surface area (Å²) in [5, 5.41) is 10.4. The van der Waals surface area contributed by atoms with Gasteiger partial charge in [-0.15, -0.1) is 0 Å². The molecule has 1 aromatic heterocycles. The van der Waals surface area contributed by atoms with Gasteiger partial charge in [-0.05, 0) is 23.8 Å². The Balaban J connectivity index is 2.39. The van der Waals surface area contributed by atoms with E-state index in [1.54, 1.807) is 26.0 Å². The first-order chi connectivity index (χ1) is 8.93. The SMILES string of the molecule is CC(C)(c1ccc(F)cc1)C(O)c1ccncc1F. The smallest absolute Gasteiger partial charge is 0.147 e. The number of hydrogen-bond acceptors (Lipinski definition) is 2. The minimum absolute atomic E-state index is 0.185. The third-order valence-electron chi connectivity index (χ3n) is 3.37. The fourth-order valence-electron chi connectivity index (χ4n) is 2.03. The van der Waals surface area contributed by atoms with Gasteiger partial charge in [0.1, 0.15) is 11.6 Å². The molecule has 0 aliphatic rings. The number of pyridine rings is 1. The zero-order chi connectivity index (χ0) is 14.0. The summed E-state index contributed by atoms with van der Waals surface area (Å²) >= 11 is 0. The third-order valence-corrected chi connectivity index (χ3v) is 3.37. The van der Waals surface area contributed by atoms with Crippen LogP contribution in [0.15, 0.2) is 42.7 Å². The lowest BCUT2D eigenvalue weighted by molar-refractivity contribution is 0.0964. The van der Waals surface area contributed by atoms with Crippen LogP contribution in [-0.2, 0) is 5.41 Å². The van der Waals surface area contributed by atoms with Gasteiger partial charge in [-0.1, -0.05) is 26.0 Å². The Morgan fingerprint density at radius 1 is 1.11 bits per heavy atom. The molecule has 1 N–H and O–H groups in total. The Labute approximate surface area is 110 Å². The summed E-state index contributed by atoms with van der Waals surface area (Å²) in [5.41, 5.74) is 0.178. The van der Waals surface area contributed by atoms with Crippen molar-refractivity contribution in [1.29, 1.82) is 0 Å². The number of benzene rings is 1. The molecule has 1 unspecified atom stereocenters. The fraction of sp³-hybridized carbons (Fsp3) is 0.267. The van der Waals surface area contributed by atoms with Crippen LogP contribution in [0, 0.1) is 11.6 Å². The van der Waals surface area contributed by atoms with E-state index in [2.05, 4.69) is 4.98 Å². The molecule has 0 radical (unpaired) electrons. The van der Waals surface area contributed by atoms with Crippen LogP contribution in [0.5, 0.6) is 0 Å². The van der Waals surface area contributed by atoms with Crippen LogP contribution in [0.4, 0.5) is 8.78 Å². The van der Waals surface area contributed by atoms with E-state index in [1.807, 2.05) is 0 Å². The maximum Gasteiger partial charge on any atom is 0.147 e. The van der Waals surface area contributed by atoms with E-state index < -0.39 is 17.3 Å². The number of halogens is 2. The summed E-state index contributed by atoms with van der Waals surface area (Å²) in [7, 11) is 0. The topological polar surface area (TPSA) is 33.1 Å². The van der Waals surface area contributed by atoms with E-state index in [0.717, 1.165) is 11.8 Å². The van der Waals surface area contributed by atoms with Crippen molar-refractivity contribution >= 4 is 0 Å². The van der Waals surface area contributed by atoms with Crippen molar-refractivity contribution in [3.63, 3.8) is 0 Å². The fourth-order valence-corrected chi connectivity index (χ4v) is 2.03. The van der Waals surface area contributed by atoms with Crippen LogP contribution in [0.3, 0.4) is 0 Å². The Hall–Kier alpha value is -1.81. The Bertz CT molecular complexity index is 567. The van der Waals surface area contributed by atoms with Crippen LogP contribution < -0.4 is 0 Å². The second kappa shape index (κ2) is 5.05. The van der Waals surface area contributed by atoms with Crippen molar-refractivity contribution < 1.29 is 13.9 Å². The van der Waals surface area contributed by atoms with E-state index in [1.165, 1.54) is 24.4 Å². The van der Waals surface area contributed by atoms with Gasteiger partial charge in [-0.25, -0.2) is 8.78 Å². The van der Waals surface area contributed by atoms with Crippen LogP contribution >= 0.6 is 0 Å². The van der Waals surface area contributed by atoms with E-state index in [4.69, 9.17) is 0 Å².